The molecule has 8 nitrogen and oxygen atoms in total. The van der Waals surface area contributed by atoms with E-state index in [1.807, 2.05) is 14.0 Å². The van der Waals surface area contributed by atoms with Crippen molar-refractivity contribution in [3.63, 3.8) is 0 Å². The summed E-state index contributed by atoms with van der Waals surface area (Å²) in [6.45, 7) is 11.4. The summed E-state index contributed by atoms with van der Waals surface area (Å²) in [4.78, 5) is 33.0. The molecule has 0 aliphatic carbocycles. The molecular weight excluding hydrogens is 483 g/mol. The molecule has 2 unspecified atom stereocenters. The Kier molecular flexibility index (Phi) is 8.57. The van der Waals surface area contributed by atoms with Gasteiger partial charge in [0.2, 0.25) is 0 Å². The van der Waals surface area contributed by atoms with Gasteiger partial charge in [0.25, 0.3) is 5.91 Å². The molecule has 3 fully saturated rings. The van der Waals surface area contributed by atoms with E-state index >= 15 is 0 Å². The zero-order valence-electron chi connectivity index (χ0n) is 18.2. The third-order valence-electron chi connectivity index (χ3n) is 6.72. The Labute approximate surface area is 191 Å². The van der Waals surface area contributed by atoms with E-state index in [1.54, 1.807) is 0 Å². The lowest BCUT2D eigenvalue weighted by atomic mass is 9.79. The smallest absolute Gasteiger partial charge is 0.322 e. The number of nitrogens with zero attached hydrogens (tertiary/aromatic N) is 3. The van der Waals surface area contributed by atoms with Gasteiger partial charge in [-0.3, -0.25) is 15.1 Å². The fourth-order valence-electron chi connectivity index (χ4n) is 4.81. The average Bonchev–Trinajstić information content (AvgIpc) is 2.95. The number of aliphatic imine (C=N–C) groups is 1. The number of hydrogen-bond donors (Lipinski definition) is 3. The van der Waals surface area contributed by atoms with E-state index in [-0.39, 0.29) is 41.8 Å². The lowest BCUT2D eigenvalue weighted by Crippen LogP contribution is -2.55. The van der Waals surface area contributed by atoms with Crippen LogP contribution in [0.25, 0.3) is 0 Å². The van der Waals surface area contributed by atoms with Crippen LogP contribution in [0.1, 0.15) is 46.5 Å². The van der Waals surface area contributed by atoms with Crippen LogP contribution in [0, 0.1) is 11.8 Å². The zero-order valence-corrected chi connectivity index (χ0v) is 20.5. The van der Waals surface area contributed by atoms with E-state index in [0.29, 0.717) is 12.0 Å². The van der Waals surface area contributed by atoms with Gasteiger partial charge in [0, 0.05) is 39.3 Å². The Morgan fingerprint density at radius 2 is 1.93 bits per heavy atom. The minimum Gasteiger partial charge on any atom is -0.356 e. The molecule has 0 aromatic carbocycles. The van der Waals surface area contributed by atoms with Crippen LogP contribution in [0.4, 0.5) is 4.79 Å². The Hall–Kier alpha value is -1.10. The first-order chi connectivity index (χ1) is 13.3. The molecule has 29 heavy (non-hydrogen) atoms. The fraction of sp³-hybridized carbons (Fsp3) is 0.850. The van der Waals surface area contributed by atoms with E-state index in [1.165, 1.54) is 19.4 Å². The summed E-state index contributed by atoms with van der Waals surface area (Å²) in [5.74, 6) is 1.55. The molecule has 0 aromatic heterocycles. The van der Waals surface area contributed by atoms with E-state index in [4.69, 9.17) is 0 Å². The van der Waals surface area contributed by atoms with Crippen LogP contribution in [0.3, 0.4) is 0 Å². The monoisotopic (exact) mass is 520 g/mol. The van der Waals surface area contributed by atoms with Crippen molar-refractivity contribution in [2.24, 2.45) is 16.8 Å². The third kappa shape index (κ3) is 5.53. The van der Waals surface area contributed by atoms with Crippen LogP contribution in [0.5, 0.6) is 0 Å². The van der Waals surface area contributed by atoms with Crippen LogP contribution in [0.15, 0.2) is 4.99 Å². The van der Waals surface area contributed by atoms with Crippen LogP contribution in [-0.4, -0.2) is 79.0 Å². The van der Waals surface area contributed by atoms with Crippen molar-refractivity contribution in [3.8, 4) is 0 Å². The number of guanidine groups is 1. The van der Waals surface area contributed by atoms with Crippen LogP contribution >= 0.6 is 24.0 Å². The SMILES string of the molecule is CN=C(NCC1CCCN(C(C)C)C1)N1CCC(C2(C)NC(=O)NC2=O)CC1.I. The number of nitrogens with one attached hydrogen (secondary N) is 3. The largest absolute Gasteiger partial charge is 0.356 e. The molecule has 2 atom stereocenters. The van der Waals surface area contributed by atoms with Gasteiger partial charge in [-0.2, -0.15) is 0 Å². The van der Waals surface area contributed by atoms with Gasteiger partial charge in [-0.15, -0.1) is 24.0 Å². The quantitative estimate of drug-likeness (QED) is 0.227. The second-order valence-corrected chi connectivity index (χ2v) is 8.90. The maximum absolute atomic E-state index is 12.2. The predicted molar refractivity (Wildman–Crippen MR) is 126 cm³/mol. The highest BCUT2D eigenvalue weighted by atomic mass is 127. The average molecular weight is 520 g/mol. The number of piperidine rings is 2. The van der Waals surface area contributed by atoms with Crippen molar-refractivity contribution in [2.45, 2.75) is 58.0 Å². The number of carbonyl (C=O) groups excluding carboxylic acids is 2. The summed E-state index contributed by atoms with van der Waals surface area (Å²) < 4.78 is 0. The second-order valence-electron chi connectivity index (χ2n) is 8.90. The molecule has 3 amide bonds. The number of hydrogen-bond acceptors (Lipinski definition) is 4. The van der Waals surface area contributed by atoms with Crippen molar-refractivity contribution >= 4 is 41.9 Å². The zero-order chi connectivity index (χ0) is 20.3. The molecule has 0 bridgehead atoms. The number of rotatable bonds is 4. The topological polar surface area (TPSA) is 89.1 Å². The molecule has 3 aliphatic heterocycles. The van der Waals surface area contributed by atoms with Crippen LogP contribution < -0.4 is 16.0 Å². The van der Waals surface area contributed by atoms with Gasteiger partial charge < -0.3 is 20.4 Å². The van der Waals surface area contributed by atoms with Gasteiger partial charge in [0.1, 0.15) is 5.54 Å². The van der Waals surface area contributed by atoms with Gasteiger partial charge >= 0.3 is 6.03 Å². The minimum atomic E-state index is -0.789. The number of urea groups is 1. The normalized spacial score (nSPS) is 29.5. The lowest BCUT2D eigenvalue weighted by molar-refractivity contribution is -0.125. The molecular formula is C20H37IN6O2. The summed E-state index contributed by atoms with van der Waals surface area (Å²) in [5, 5.41) is 8.77. The third-order valence-corrected chi connectivity index (χ3v) is 6.72. The highest BCUT2D eigenvalue weighted by molar-refractivity contribution is 14.0. The lowest BCUT2D eigenvalue weighted by Gasteiger charge is -2.40. The molecule has 0 saturated carbocycles. The van der Waals surface area contributed by atoms with E-state index < -0.39 is 5.54 Å². The summed E-state index contributed by atoms with van der Waals surface area (Å²) in [5.41, 5.74) is -0.789. The van der Waals surface area contributed by atoms with Gasteiger partial charge in [0.05, 0.1) is 0 Å². The number of carbonyl (C=O) groups is 2. The van der Waals surface area contributed by atoms with E-state index in [9.17, 15) is 9.59 Å². The van der Waals surface area contributed by atoms with Crippen molar-refractivity contribution in [1.82, 2.24) is 25.8 Å². The summed E-state index contributed by atoms with van der Waals surface area (Å²) in [7, 11) is 1.83. The predicted octanol–water partition coefficient (Wildman–Crippen LogP) is 1.61. The fourth-order valence-corrected chi connectivity index (χ4v) is 4.81. The van der Waals surface area contributed by atoms with Gasteiger partial charge in [-0.1, -0.05) is 0 Å². The Balaban J connectivity index is 0.00000300. The van der Waals surface area contributed by atoms with Crippen molar-refractivity contribution in [3.05, 3.63) is 0 Å². The Morgan fingerprint density at radius 3 is 2.48 bits per heavy atom. The standard InChI is InChI=1S/C20H36N6O2.HI/c1-14(2)26-9-5-6-15(13-26)12-22-18(21-4)25-10-7-16(8-11-25)20(3)17(27)23-19(28)24-20;/h14-16H,5-13H2,1-4H3,(H,21,22)(H2,23,24,27,28);1H. The molecule has 3 N–H and O–H groups in total. The molecule has 3 rings (SSSR count). The molecule has 9 heteroatoms. The number of imide groups is 1. The van der Waals surface area contributed by atoms with Gasteiger partial charge in [-0.25, -0.2) is 4.79 Å². The first kappa shape index (κ1) is 24.2. The number of amides is 3. The van der Waals surface area contributed by atoms with Gasteiger partial charge in [-0.05, 0) is 64.8 Å². The van der Waals surface area contributed by atoms with Crippen molar-refractivity contribution in [2.75, 3.05) is 39.8 Å². The molecule has 0 aromatic rings. The van der Waals surface area contributed by atoms with E-state index in [2.05, 4.69) is 44.6 Å². The molecule has 0 radical (unpaired) electrons. The highest BCUT2D eigenvalue weighted by Gasteiger charge is 2.48. The number of halogens is 1. The van der Waals surface area contributed by atoms with Crippen LogP contribution in [-0.2, 0) is 4.79 Å². The summed E-state index contributed by atoms with van der Waals surface area (Å²) in [6.07, 6.45) is 4.24. The van der Waals surface area contributed by atoms with E-state index in [0.717, 1.165) is 45.0 Å². The first-order valence-electron chi connectivity index (χ1n) is 10.7. The highest BCUT2D eigenvalue weighted by Crippen LogP contribution is 2.30. The molecule has 166 valence electrons. The first-order valence-corrected chi connectivity index (χ1v) is 10.7. The van der Waals surface area contributed by atoms with Gasteiger partial charge in [0.15, 0.2) is 5.96 Å². The Bertz CT molecular complexity index is 620. The number of likely N-dealkylation sites (tertiary alicyclic amines) is 2. The van der Waals surface area contributed by atoms with Crippen LogP contribution in [0.2, 0.25) is 0 Å². The summed E-state index contributed by atoms with van der Waals surface area (Å²) >= 11 is 0. The molecule has 3 aliphatic rings. The minimum absolute atomic E-state index is 0. The maximum atomic E-state index is 12.2. The second kappa shape index (κ2) is 10.3. The molecule has 3 saturated heterocycles. The van der Waals surface area contributed by atoms with Crippen molar-refractivity contribution < 1.29 is 9.59 Å². The molecule has 0 spiro atoms. The molecule has 3 heterocycles. The Morgan fingerprint density at radius 1 is 1.24 bits per heavy atom. The maximum Gasteiger partial charge on any atom is 0.322 e. The summed E-state index contributed by atoms with van der Waals surface area (Å²) in [6, 6.07) is 0.228. The van der Waals surface area contributed by atoms with Crippen molar-refractivity contribution in [1.29, 1.82) is 0 Å².